The van der Waals surface area contributed by atoms with Gasteiger partial charge in [0.05, 0.1) is 39.9 Å². The van der Waals surface area contributed by atoms with Crippen LogP contribution < -0.4 is 21.1 Å². The Morgan fingerprint density at radius 2 is 1.69 bits per heavy atom. The number of fused-ring (bicyclic) bond motifs is 1. The molecular formula is C41H53ClF4N8O3S. The molecule has 316 valence electrons. The summed E-state index contributed by atoms with van der Waals surface area (Å²) in [6.07, 6.45) is 0.474. The molecule has 2 unspecified atom stereocenters. The van der Waals surface area contributed by atoms with Gasteiger partial charge in [0, 0.05) is 42.5 Å². The quantitative estimate of drug-likeness (QED) is 0.0384. The van der Waals surface area contributed by atoms with Crippen LogP contribution in [-0.4, -0.2) is 60.1 Å². The van der Waals surface area contributed by atoms with E-state index in [9.17, 15) is 31.7 Å². The lowest BCUT2D eigenvalue weighted by Crippen LogP contribution is -2.40. The van der Waals surface area contributed by atoms with Crippen molar-refractivity contribution in [3.8, 4) is 23.0 Å². The van der Waals surface area contributed by atoms with E-state index < -0.39 is 70.6 Å². The van der Waals surface area contributed by atoms with Crippen molar-refractivity contribution < 1.29 is 31.7 Å². The third-order valence-electron chi connectivity index (χ3n) is 8.02. The highest BCUT2D eigenvalue weighted by Crippen LogP contribution is 2.40. The first-order chi connectivity index (χ1) is 27.3. The van der Waals surface area contributed by atoms with Crippen LogP contribution in [0.2, 0.25) is 5.02 Å². The van der Waals surface area contributed by atoms with Gasteiger partial charge in [-0.05, 0) is 68.5 Å². The summed E-state index contributed by atoms with van der Waals surface area (Å²) in [6, 6.07) is 8.23. The van der Waals surface area contributed by atoms with Gasteiger partial charge in [-0.15, -0.1) is 0 Å². The number of nitrogens with one attached hydrogen (secondary N) is 4. The van der Waals surface area contributed by atoms with Crippen molar-refractivity contribution in [3.05, 3.63) is 87.3 Å². The molecule has 2 aromatic heterocycles. The Kier molecular flexibility index (Phi) is 18.4. The van der Waals surface area contributed by atoms with Crippen LogP contribution in [0.1, 0.15) is 91.2 Å². The topological polar surface area (TPSA) is 171 Å². The Labute approximate surface area is 345 Å². The fourth-order valence-electron chi connectivity index (χ4n) is 5.91. The van der Waals surface area contributed by atoms with E-state index in [-0.39, 0.29) is 46.2 Å². The molecular weight excluding hydrogens is 796 g/mol. The van der Waals surface area contributed by atoms with E-state index in [0.717, 1.165) is 12.1 Å². The minimum atomic E-state index is -3.34. The molecule has 1 aliphatic carbocycles. The van der Waals surface area contributed by atoms with Gasteiger partial charge in [0.15, 0.2) is 5.82 Å². The second kappa shape index (κ2) is 21.7. The molecule has 4 aromatic rings. The number of amides is 1. The Hall–Kier alpha value is -4.98. The fraction of sp³-hybridized carbons (Fsp3) is 0.415. The normalized spacial score (nSPS) is 13.9. The monoisotopic (exact) mass is 848 g/mol. The maximum Gasteiger partial charge on any atom is 0.288 e. The van der Waals surface area contributed by atoms with Gasteiger partial charge < -0.3 is 21.5 Å². The predicted octanol–water partition coefficient (Wildman–Crippen LogP) is 8.08. The van der Waals surface area contributed by atoms with Gasteiger partial charge in [-0.3, -0.25) is 19.6 Å². The number of carbonyl (C=O) groups excluding carboxylic acids is 1. The number of amidine groups is 1. The van der Waals surface area contributed by atoms with E-state index in [4.69, 9.17) is 27.7 Å². The Morgan fingerprint density at radius 1 is 1.09 bits per heavy atom. The maximum atomic E-state index is 14.7. The number of aromatic nitrogens is 3. The molecule has 0 radical (unpaired) electrons. The van der Waals surface area contributed by atoms with Gasteiger partial charge in [-0.1, -0.05) is 65.1 Å². The Balaban J connectivity index is 0.00000185. The number of pyridine rings is 1. The fourth-order valence-corrected chi connectivity index (χ4v) is 6.57. The van der Waals surface area contributed by atoms with E-state index >= 15 is 0 Å². The molecule has 11 nitrogen and oxygen atoms in total. The molecule has 5 rings (SSSR count). The highest BCUT2D eigenvalue weighted by atomic mass is 35.5. The first kappa shape index (κ1) is 49.2. The van der Waals surface area contributed by atoms with Crippen LogP contribution in [0, 0.1) is 28.9 Å². The highest BCUT2D eigenvalue weighted by molar-refractivity contribution is 7.85. The average Bonchev–Trinajstić information content (AvgIpc) is 3.65. The third kappa shape index (κ3) is 12.8. The summed E-state index contributed by atoms with van der Waals surface area (Å²) in [6.45, 7) is 14.3. The standard InChI is InChI=1S/C35H35ClF4N8O3S.3C2H6/c1-34(2,50)11-9-21-5-6-22(23-7-8-25(36)28-30(23)48(3)46-33(28)47-52(4)51)29(44-21)26(15-18-13-19(37)16-20(38)14-18)45-27(49)17-43-31-24(32(41)42)10-12-35(31,39)40;3*1-2/h5-8,13-14,16,26,43,50H,10,12,15,17H2,1-4H3,(H3,41,42)(H,45,49)(H,46,47);3*1-2H3. The summed E-state index contributed by atoms with van der Waals surface area (Å²) in [7, 11) is 0.138. The van der Waals surface area contributed by atoms with Crippen LogP contribution in [0.4, 0.5) is 23.4 Å². The lowest BCUT2D eigenvalue weighted by molar-refractivity contribution is -0.121. The van der Waals surface area contributed by atoms with Crippen LogP contribution in [0.25, 0.3) is 22.0 Å². The first-order valence-electron chi connectivity index (χ1n) is 18.8. The molecule has 0 fully saturated rings. The van der Waals surface area contributed by atoms with E-state index in [0.29, 0.717) is 28.1 Å². The van der Waals surface area contributed by atoms with Crippen molar-refractivity contribution in [1.29, 1.82) is 5.41 Å². The number of hydrogen-bond donors (Lipinski definition) is 6. The zero-order chi connectivity index (χ0) is 44.1. The second-order valence-corrected chi connectivity index (χ2v) is 14.2. The number of nitrogens with zero attached hydrogens (tertiary/aromatic N) is 3. The predicted molar refractivity (Wildman–Crippen MR) is 226 cm³/mol. The van der Waals surface area contributed by atoms with Crippen LogP contribution in [0.15, 0.2) is 53.7 Å². The van der Waals surface area contributed by atoms with Crippen molar-refractivity contribution in [1.82, 2.24) is 25.4 Å². The summed E-state index contributed by atoms with van der Waals surface area (Å²) in [4.78, 5) is 18.3. The van der Waals surface area contributed by atoms with Gasteiger partial charge in [0.25, 0.3) is 5.92 Å². The van der Waals surface area contributed by atoms with Crippen molar-refractivity contribution in [2.24, 2.45) is 12.8 Å². The highest BCUT2D eigenvalue weighted by Gasteiger charge is 2.42. The molecule has 2 aromatic carbocycles. The molecule has 0 bridgehead atoms. The molecule has 0 saturated heterocycles. The lowest BCUT2D eigenvalue weighted by Gasteiger charge is -2.23. The summed E-state index contributed by atoms with van der Waals surface area (Å²) in [5, 5.41) is 28.4. The largest absolute Gasteiger partial charge is 0.384 e. The van der Waals surface area contributed by atoms with Crippen molar-refractivity contribution in [2.45, 2.75) is 92.2 Å². The van der Waals surface area contributed by atoms with Crippen molar-refractivity contribution >= 4 is 51.1 Å². The molecule has 0 saturated carbocycles. The smallest absolute Gasteiger partial charge is 0.288 e. The third-order valence-corrected chi connectivity index (χ3v) is 8.82. The maximum absolute atomic E-state index is 14.7. The first-order valence-corrected chi connectivity index (χ1v) is 20.7. The molecule has 0 aliphatic heterocycles. The zero-order valence-corrected chi connectivity index (χ0v) is 36.0. The van der Waals surface area contributed by atoms with Crippen LogP contribution in [-0.2, 0) is 29.2 Å². The minimum Gasteiger partial charge on any atom is -0.384 e. The number of allylic oxidation sites excluding steroid dienone is 1. The molecule has 17 heteroatoms. The van der Waals surface area contributed by atoms with E-state index in [1.54, 1.807) is 31.3 Å². The van der Waals surface area contributed by atoms with Gasteiger partial charge in [0.1, 0.15) is 39.8 Å². The van der Waals surface area contributed by atoms with E-state index in [1.165, 1.54) is 24.8 Å². The van der Waals surface area contributed by atoms with Gasteiger partial charge in [-0.25, -0.2) is 18.0 Å². The minimum absolute atomic E-state index is 0.102. The number of alkyl halides is 2. The molecule has 0 spiro atoms. The van der Waals surface area contributed by atoms with Gasteiger partial charge >= 0.3 is 0 Å². The number of rotatable bonds is 11. The zero-order valence-electron chi connectivity index (χ0n) is 34.4. The molecule has 1 aliphatic rings. The van der Waals surface area contributed by atoms with Gasteiger partial charge in [-0.2, -0.15) is 13.9 Å². The molecule has 7 N–H and O–H groups in total. The molecule has 1 amide bonds. The summed E-state index contributed by atoms with van der Waals surface area (Å²) < 4.78 is 74.7. The van der Waals surface area contributed by atoms with Crippen LogP contribution in [0.3, 0.4) is 0 Å². The molecule has 2 heterocycles. The number of aliphatic hydroxyl groups is 1. The number of benzene rings is 2. The number of aryl methyl sites for hydroxylation is 1. The number of nitrogens with two attached hydrogens (primary N) is 1. The van der Waals surface area contributed by atoms with Crippen LogP contribution >= 0.6 is 11.6 Å². The summed E-state index contributed by atoms with van der Waals surface area (Å²) in [5.41, 5.74) is 5.26. The number of hydrogen-bond acceptors (Lipinski definition) is 7. The number of carbonyl (C=O) groups is 1. The SMILES string of the molecule is CC.CC.CC.Cn1nc(NS(C)=O)c2c(Cl)ccc(-c3ccc(C#CC(C)(C)O)nc3C(Cc3cc(F)cc(F)c3)NC(=O)CNC3=C(C(=N)N)CCC3(F)F)c21. The molecule has 2 atom stereocenters. The Bertz CT molecular complexity index is 2190. The Morgan fingerprint density at radius 3 is 2.26 bits per heavy atom. The van der Waals surface area contributed by atoms with Gasteiger partial charge in [0.2, 0.25) is 5.91 Å². The van der Waals surface area contributed by atoms with Crippen molar-refractivity contribution in [3.63, 3.8) is 0 Å². The molecule has 58 heavy (non-hydrogen) atoms. The summed E-state index contributed by atoms with van der Waals surface area (Å²) in [5.74, 6) is -0.688. The second-order valence-electron chi connectivity index (χ2n) is 12.7. The van der Waals surface area contributed by atoms with Crippen molar-refractivity contribution in [2.75, 3.05) is 17.5 Å². The summed E-state index contributed by atoms with van der Waals surface area (Å²) >= 11 is 6.61. The number of halogens is 5. The number of anilines is 1. The average molecular weight is 849 g/mol. The van der Waals surface area contributed by atoms with E-state index in [1.807, 2.05) is 41.5 Å². The van der Waals surface area contributed by atoms with E-state index in [2.05, 4.69) is 32.3 Å². The lowest BCUT2D eigenvalue weighted by atomic mass is 9.93. The van der Waals surface area contributed by atoms with Crippen LogP contribution in [0.5, 0.6) is 0 Å².